The maximum absolute atomic E-state index is 13.5. The molecule has 14 heteroatoms. The highest BCUT2D eigenvalue weighted by molar-refractivity contribution is 7.91. The number of piperidine rings is 2. The molecular weight excluding hydrogens is 642 g/mol. The Morgan fingerprint density at radius 3 is 2.41 bits per heavy atom. The van der Waals surface area contributed by atoms with E-state index in [1.165, 1.54) is 16.2 Å². The Bertz CT molecular complexity index is 1440. The van der Waals surface area contributed by atoms with Crippen molar-refractivity contribution in [2.24, 2.45) is 5.92 Å². The van der Waals surface area contributed by atoms with Gasteiger partial charge in [-0.2, -0.15) is 4.72 Å². The summed E-state index contributed by atoms with van der Waals surface area (Å²) in [5.74, 6) is -0.246. The predicted molar refractivity (Wildman–Crippen MR) is 174 cm³/mol. The Kier molecular flexibility index (Phi) is 11.1. The molecule has 1 N–H and O–H groups in total. The Balaban J connectivity index is 1.16. The van der Waals surface area contributed by atoms with Crippen molar-refractivity contribution in [3.8, 4) is 9.75 Å². The van der Waals surface area contributed by atoms with Crippen LogP contribution < -0.4 is 4.72 Å². The first-order valence-electron chi connectivity index (χ1n) is 15.6. The van der Waals surface area contributed by atoms with Gasteiger partial charge >= 0.3 is 0 Å². The molecule has 0 radical (unpaired) electrons. The van der Waals surface area contributed by atoms with Gasteiger partial charge in [0.15, 0.2) is 0 Å². The fourth-order valence-corrected chi connectivity index (χ4v) is 10.3. The molecule has 3 fully saturated rings. The van der Waals surface area contributed by atoms with Crippen LogP contribution in [0.25, 0.3) is 9.75 Å². The van der Waals surface area contributed by atoms with Gasteiger partial charge in [-0.05, 0) is 83.2 Å². The molecule has 0 aliphatic carbocycles. The number of hydrogen-bond donors (Lipinski definition) is 1. The lowest BCUT2D eigenvalue weighted by molar-refractivity contribution is -0.143. The lowest BCUT2D eigenvalue weighted by Gasteiger charge is -2.38. The number of carbonyl (C=O) groups excluding carboxylic acids is 3. The van der Waals surface area contributed by atoms with E-state index >= 15 is 0 Å². The van der Waals surface area contributed by atoms with Crippen LogP contribution in [-0.2, 0) is 24.4 Å². The SMILES string of the molecule is CCN(CC)C(=O)C1CCCN(C[C@@H]2CCCN2C(=O)CN2CCC[C@H](NS(=O)(=O)c3ccc(-c4ccc(Cl)s4)s3)C2=O)C1. The second-order valence-corrected chi connectivity index (χ2v) is 16.5. The van der Waals surface area contributed by atoms with E-state index in [0.717, 1.165) is 59.9 Å². The summed E-state index contributed by atoms with van der Waals surface area (Å²) in [5, 5.41) is 0. The molecule has 3 atom stereocenters. The molecule has 0 bridgehead atoms. The normalized spacial score (nSPS) is 23.3. The van der Waals surface area contributed by atoms with Crippen LogP contribution in [0.1, 0.15) is 52.4 Å². The summed E-state index contributed by atoms with van der Waals surface area (Å²) in [4.78, 5) is 49.2. The van der Waals surface area contributed by atoms with E-state index in [1.807, 2.05) is 29.7 Å². The standard InChI is InChI=1S/C30H42ClN5O5S3/c1-3-34(4-2)29(38)21-8-5-15-33(18-21)19-22-9-6-17-36(22)27(37)20-35-16-7-10-23(30(35)39)32-44(40,41)28-14-12-25(43-28)24-11-13-26(31)42-24/h11-14,21-23,32H,3-10,15-20H2,1-2H3/t21?,22-,23-/m0/s1. The maximum atomic E-state index is 13.5. The molecule has 0 saturated carbocycles. The molecule has 0 aromatic carbocycles. The topological polar surface area (TPSA) is 110 Å². The quantitative estimate of drug-likeness (QED) is 0.384. The van der Waals surface area contributed by atoms with Crippen molar-refractivity contribution in [1.29, 1.82) is 0 Å². The molecule has 2 aromatic heterocycles. The number of likely N-dealkylation sites (tertiary alicyclic amines) is 3. The van der Waals surface area contributed by atoms with Crippen LogP contribution in [0.4, 0.5) is 0 Å². The van der Waals surface area contributed by atoms with Crippen molar-refractivity contribution in [1.82, 2.24) is 24.3 Å². The second-order valence-electron chi connectivity index (χ2n) is 11.8. The third-order valence-electron chi connectivity index (χ3n) is 8.91. The van der Waals surface area contributed by atoms with Crippen LogP contribution in [-0.4, -0.2) is 110 Å². The average molecular weight is 684 g/mol. The highest BCUT2D eigenvalue weighted by Crippen LogP contribution is 2.37. The average Bonchev–Trinajstić information content (AvgIpc) is 3.77. The van der Waals surface area contributed by atoms with Crippen LogP contribution in [0, 0.1) is 5.92 Å². The monoisotopic (exact) mass is 683 g/mol. The summed E-state index contributed by atoms with van der Waals surface area (Å²) >= 11 is 8.55. The molecule has 3 saturated heterocycles. The van der Waals surface area contributed by atoms with Crippen LogP contribution in [0.3, 0.4) is 0 Å². The van der Waals surface area contributed by atoms with E-state index in [0.29, 0.717) is 49.9 Å². The van der Waals surface area contributed by atoms with Crippen LogP contribution in [0.5, 0.6) is 0 Å². The summed E-state index contributed by atoms with van der Waals surface area (Å²) in [7, 11) is -3.92. The zero-order valence-electron chi connectivity index (χ0n) is 25.4. The Labute approximate surface area is 273 Å². The first kappa shape index (κ1) is 33.3. The molecule has 1 unspecified atom stereocenters. The van der Waals surface area contributed by atoms with Crippen LogP contribution in [0.2, 0.25) is 4.34 Å². The van der Waals surface area contributed by atoms with E-state index in [9.17, 15) is 22.8 Å². The number of sulfonamides is 1. The largest absolute Gasteiger partial charge is 0.343 e. The minimum absolute atomic E-state index is 0.00385. The number of rotatable bonds is 11. The van der Waals surface area contributed by atoms with Crippen molar-refractivity contribution in [2.45, 2.75) is 68.7 Å². The lowest BCUT2D eigenvalue weighted by Crippen LogP contribution is -2.55. The first-order chi connectivity index (χ1) is 21.1. The number of carbonyl (C=O) groups is 3. The Hall–Kier alpha value is -2.03. The fraction of sp³-hybridized carbons (Fsp3) is 0.633. The van der Waals surface area contributed by atoms with E-state index in [4.69, 9.17) is 11.6 Å². The van der Waals surface area contributed by atoms with Crippen molar-refractivity contribution >= 4 is 62.0 Å². The van der Waals surface area contributed by atoms with Gasteiger partial charge in [-0.15, -0.1) is 22.7 Å². The van der Waals surface area contributed by atoms with Gasteiger partial charge in [0.05, 0.1) is 16.8 Å². The Morgan fingerprint density at radius 2 is 1.68 bits per heavy atom. The van der Waals surface area contributed by atoms with E-state index < -0.39 is 16.1 Å². The van der Waals surface area contributed by atoms with Gasteiger partial charge < -0.3 is 19.6 Å². The minimum Gasteiger partial charge on any atom is -0.343 e. The molecule has 10 nitrogen and oxygen atoms in total. The maximum Gasteiger partial charge on any atom is 0.250 e. The summed E-state index contributed by atoms with van der Waals surface area (Å²) in [6, 6.07) is 6.05. The van der Waals surface area contributed by atoms with Gasteiger partial charge in [0, 0.05) is 55.1 Å². The summed E-state index contributed by atoms with van der Waals surface area (Å²) in [6.07, 6.45) is 4.66. The second kappa shape index (κ2) is 14.6. The molecule has 5 heterocycles. The highest BCUT2D eigenvalue weighted by Gasteiger charge is 2.37. The molecule has 44 heavy (non-hydrogen) atoms. The van der Waals surface area contributed by atoms with Gasteiger partial charge in [0.1, 0.15) is 10.3 Å². The van der Waals surface area contributed by atoms with Crippen molar-refractivity contribution in [2.75, 3.05) is 52.4 Å². The predicted octanol–water partition coefficient (Wildman–Crippen LogP) is 3.97. The van der Waals surface area contributed by atoms with Gasteiger partial charge in [0.25, 0.3) is 10.0 Å². The number of nitrogens with one attached hydrogen (secondary N) is 1. The highest BCUT2D eigenvalue weighted by atomic mass is 35.5. The zero-order chi connectivity index (χ0) is 31.4. The molecule has 5 rings (SSSR count). The van der Waals surface area contributed by atoms with Crippen molar-refractivity contribution in [3.05, 3.63) is 28.6 Å². The molecule has 3 amide bonds. The van der Waals surface area contributed by atoms with Crippen LogP contribution in [0.15, 0.2) is 28.5 Å². The van der Waals surface area contributed by atoms with Gasteiger partial charge in [-0.25, -0.2) is 8.42 Å². The van der Waals surface area contributed by atoms with Gasteiger partial charge in [0.2, 0.25) is 17.7 Å². The number of amides is 3. The zero-order valence-corrected chi connectivity index (χ0v) is 28.6. The third-order valence-corrected chi connectivity index (χ3v) is 13.4. The summed E-state index contributed by atoms with van der Waals surface area (Å²) in [5.41, 5.74) is 0. The summed E-state index contributed by atoms with van der Waals surface area (Å²) < 4.78 is 29.8. The third kappa shape index (κ3) is 7.67. The number of nitrogens with zero attached hydrogens (tertiary/aromatic N) is 4. The molecule has 3 aliphatic rings. The van der Waals surface area contributed by atoms with E-state index in [2.05, 4.69) is 9.62 Å². The number of halogens is 1. The molecule has 0 spiro atoms. The fourth-order valence-electron chi connectivity index (χ4n) is 6.62. The molecule has 3 aliphatic heterocycles. The molecular formula is C30H42ClN5O5S3. The summed E-state index contributed by atoms with van der Waals surface area (Å²) in [6.45, 7) is 8.83. The Morgan fingerprint density at radius 1 is 0.977 bits per heavy atom. The smallest absolute Gasteiger partial charge is 0.250 e. The van der Waals surface area contributed by atoms with Crippen molar-refractivity contribution < 1.29 is 22.8 Å². The van der Waals surface area contributed by atoms with Gasteiger partial charge in [-0.3, -0.25) is 14.4 Å². The lowest BCUT2D eigenvalue weighted by atomic mass is 9.96. The van der Waals surface area contributed by atoms with Crippen molar-refractivity contribution in [3.63, 3.8) is 0 Å². The van der Waals surface area contributed by atoms with E-state index in [1.54, 1.807) is 18.2 Å². The molecule has 242 valence electrons. The van der Waals surface area contributed by atoms with Gasteiger partial charge in [-0.1, -0.05) is 11.6 Å². The minimum atomic E-state index is -3.92. The first-order valence-corrected chi connectivity index (χ1v) is 19.1. The number of thiophene rings is 2. The van der Waals surface area contributed by atoms with E-state index in [-0.39, 0.29) is 40.4 Å². The molecule has 2 aromatic rings. The van der Waals surface area contributed by atoms with Crippen LogP contribution >= 0.6 is 34.3 Å². The number of hydrogen-bond acceptors (Lipinski definition) is 8.